The Bertz CT molecular complexity index is 557. The number of benzene rings is 1. The molecule has 1 aliphatic carbocycles. The minimum absolute atomic E-state index is 0.0428. The number of nitrogens with zero attached hydrogens (tertiary/aromatic N) is 1. The summed E-state index contributed by atoms with van der Waals surface area (Å²) in [6.07, 6.45) is 2.86. The van der Waals surface area contributed by atoms with E-state index in [2.05, 4.69) is 26.4 Å². The van der Waals surface area contributed by atoms with Crippen LogP contribution in [0.4, 0.5) is 4.39 Å². The molecule has 5 nitrogen and oxygen atoms in total. The van der Waals surface area contributed by atoms with Gasteiger partial charge >= 0.3 is 0 Å². The van der Waals surface area contributed by atoms with Crippen LogP contribution >= 0.6 is 15.9 Å². The zero-order valence-electron chi connectivity index (χ0n) is 10.7. The number of carbonyl (C=O) groups excluding carboxylic acids is 1. The maximum absolute atomic E-state index is 13.7. The second kappa shape index (κ2) is 5.78. The van der Waals surface area contributed by atoms with Gasteiger partial charge in [0.2, 0.25) is 0 Å². The van der Waals surface area contributed by atoms with Gasteiger partial charge in [-0.1, -0.05) is 33.9 Å². The van der Waals surface area contributed by atoms with E-state index in [9.17, 15) is 9.18 Å². The van der Waals surface area contributed by atoms with E-state index in [0.29, 0.717) is 17.3 Å². The van der Waals surface area contributed by atoms with Crippen LogP contribution in [-0.2, 0) is 0 Å². The molecule has 0 radical (unpaired) electrons. The van der Waals surface area contributed by atoms with Crippen molar-refractivity contribution in [1.29, 1.82) is 0 Å². The van der Waals surface area contributed by atoms with E-state index < -0.39 is 17.3 Å². The van der Waals surface area contributed by atoms with Crippen LogP contribution in [0, 0.1) is 5.82 Å². The van der Waals surface area contributed by atoms with Gasteiger partial charge in [-0.2, -0.15) is 0 Å². The van der Waals surface area contributed by atoms with Gasteiger partial charge in [0.05, 0.1) is 5.56 Å². The van der Waals surface area contributed by atoms with Crippen LogP contribution in [0.5, 0.6) is 0 Å². The number of hydrogen-bond acceptors (Lipinski definition) is 3. The average Bonchev–Trinajstić information content (AvgIpc) is 2.90. The maximum Gasteiger partial charge on any atom is 0.255 e. The van der Waals surface area contributed by atoms with E-state index >= 15 is 0 Å². The van der Waals surface area contributed by atoms with Gasteiger partial charge < -0.3 is 16.3 Å². The summed E-state index contributed by atoms with van der Waals surface area (Å²) < 4.78 is 14.3. The molecule has 108 valence electrons. The van der Waals surface area contributed by atoms with Crippen LogP contribution in [0.3, 0.4) is 0 Å². The lowest BCUT2D eigenvalue weighted by molar-refractivity contribution is 0.0918. The summed E-state index contributed by atoms with van der Waals surface area (Å²) in [4.78, 5) is 12.2. The molecule has 0 atom stereocenters. The summed E-state index contributed by atoms with van der Waals surface area (Å²) in [6, 6.07) is 4.13. The molecule has 4 N–H and O–H groups in total. The van der Waals surface area contributed by atoms with Crippen LogP contribution < -0.4 is 11.1 Å². The second-order valence-corrected chi connectivity index (χ2v) is 5.77. The van der Waals surface area contributed by atoms with Crippen molar-refractivity contribution >= 4 is 27.7 Å². The van der Waals surface area contributed by atoms with Crippen molar-refractivity contribution in [3.8, 4) is 0 Å². The number of halogens is 2. The van der Waals surface area contributed by atoms with Gasteiger partial charge in [-0.05, 0) is 31.0 Å². The van der Waals surface area contributed by atoms with Gasteiger partial charge in [-0.15, -0.1) is 0 Å². The zero-order valence-corrected chi connectivity index (χ0v) is 12.3. The summed E-state index contributed by atoms with van der Waals surface area (Å²) >= 11 is 3.20. The molecule has 7 heteroatoms. The minimum atomic E-state index is -0.888. The minimum Gasteiger partial charge on any atom is -0.409 e. The van der Waals surface area contributed by atoms with Crippen LogP contribution in [-0.4, -0.2) is 22.5 Å². The van der Waals surface area contributed by atoms with Gasteiger partial charge in [0, 0.05) is 4.47 Å². The average molecular weight is 344 g/mol. The van der Waals surface area contributed by atoms with Gasteiger partial charge in [0.25, 0.3) is 5.91 Å². The molecule has 0 aromatic heterocycles. The Morgan fingerprint density at radius 2 is 2.10 bits per heavy atom. The fourth-order valence-corrected chi connectivity index (χ4v) is 2.84. The summed E-state index contributed by atoms with van der Waals surface area (Å²) in [5.74, 6) is -1.23. The summed E-state index contributed by atoms with van der Waals surface area (Å²) in [5, 5.41) is 14.6. The summed E-state index contributed by atoms with van der Waals surface area (Å²) in [6.45, 7) is 0. The molecule has 0 spiro atoms. The topological polar surface area (TPSA) is 87.7 Å². The van der Waals surface area contributed by atoms with Crippen LogP contribution in [0.2, 0.25) is 0 Å². The van der Waals surface area contributed by atoms with Crippen molar-refractivity contribution in [3.63, 3.8) is 0 Å². The Morgan fingerprint density at radius 1 is 1.45 bits per heavy atom. The number of amidine groups is 1. The number of nitrogens with two attached hydrogens (primary N) is 1. The maximum atomic E-state index is 13.7. The Kier molecular flexibility index (Phi) is 4.27. The molecule has 1 amide bonds. The van der Waals surface area contributed by atoms with Crippen molar-refractivity contribution in [2.75, 3.05) is 0 Å². The normalized spacial score (nSPS) is 18.0. The molecule has 0 aliphatic heterocycles. The highest BCUT2D eigenvalue weighted by atomic mass is 79.9. The molecule has 1 aromatic rings. The molecule has 20 heavy (non-hydrogen) atoms. The van der Waals surface area contributed by atoms with Gasteiger partial charge in [-0.25, -0.2) is 4.39 Å². The summed E-state index contributed by atoms with van der Waals surface area (Å²) in [7, 11) is 0. The first-order valence-electron chi connectivity index (χ1n) is 6.24. The highest BCUT2D eigenvalue weighted by Gasteiger charge is 2.40. The molecule has 1 aliphatic rings. The third-order valence-corrected chi connectivity index (χ3v) is 4.07. The predicted molar refractivity (Wildman–Crippen MR) is 76.2 cm³/mol. The number of hydrogen-bond donors (Lipinski definition) is 3. The van der Waals surface area contributed by atoms with E-state index in [1.54, 1.807) is 0 Å². The predicted octanol–water partition coefficient (Wildman–Crippen LogP) is 2.38. The fraction of sp³-hybridized carbons (Fsp3) is 0.385. The quantitative estimate of drug-likeness (QED) is 0.340. The van der Waals surface area contributed by atoms with Gasteiger partial charge in [0.15, 0.2) is 5.84 Å². The van der Waals surface area contributed by atoms with Gasteiger partial charge in [0.1, 0.15) is 11.4 Å². The van der Waals surface area contributed by atoms with Crippen molar-refractivity contribution in [1.82, 2.24) is 5.32 Å². The lowest BCUT2D eigenvalue weighted by atomic mass is 9.95. The smallest absolute Gasteiger partial charge is 0.255 e. The molecule has 2 rings (SSSR count). The Labute approximate surface area is 124 Å². The molecule has 1 aromatic carbocycles. The number of amides is 1. The van der Waals surface area contributed by atoms with E-state index in [0.717, 1.165) is 12.8 Å². The zero-order chi connectivity index (χ0) is 14.8. The number of nitrogens with one attached hydrogen (secondary N) is 1. The van der Waals surface area contributed by atoms with E-state index in [1.165, 1.54) is 18.2 Å². The van der Waals surface area contributed by atoms with Crippen molar-refractivity contribution in [2.24, 2.45) is 10.9 Å². The molecule has 0 unspecified atom stereocenters. The van der Waals surface area contributed by atoms with Crippen LogP contribution in [0.1, 0.15) is 36.0 Å². The lowest BCUT2D eigenvalue weighted by Crippen LogP contribution is -2.55. The molecule has 1 saturated carbocycles. The molecule has 1 fully saturated rings. The van der Waals surface area contributed by atoms with E-state index in [-0.39, 0.29) is 11.4 Å². The number of oxime groups is 1. The van der Waals surface area contributed by atoms with Crippen molar-refractivity contribution < 1.29 is 14.4 Å². The Hall–Kier alpha value is -1.63. The lowest BCUT2D eigenvalue weighted by Gasteiger charge is -2.28. The molecular weight excluding hydrogens is 329 g/mol. The molecule has 0 heterocycles. The number of rotatable bonds is 3. The second-order valence-electron chi connectivity index (χ2n) is 4.85. The van der Waals surface area contributed by atoms with Crippen LogP contribution in [0.25, 0.3) is 0 Å². The SMILES string of the molecule is N/C(=N/O)C1(NC(=O)c2cc(Br)ccc2F)CCCC1. The standard InChI is InChI=1S/C13H15BrFN3O2/c14-8-3-4-10(15)9(7-8)11(19)17-13(12(16)18-20)5-1-2-6-13/h3-4,7,20H,1-2,5-6H2,(H2,16,18)(H,17,19). The third kappa shape index (κ3) is 2.77. The van der Waals surface area contributed by atoms with E-state index in [1.807, 2.05) is 0 Å². The largest absolute Gasteiger partial charge is 0.409 e. The molecule has 0 saturated heterocycles. The summed E-state index contributed by atoms with van der Waals surface area (Å²) in [5.41, 5.74) is 4.73. The third-order valence-electron chi connectivity index (χ3n) is 3.58. The van der Waals surface area contributed by atoms with Crippen LogP contribution in [0.15, 0.2) is 27.8 Å². The van der Waals surface area contributed by atoms with E-state index in [4.69, 9.17) is 10.9 Å². The first-order chi connectivity index (χ1) is 9.48. The van der Waals surface area contributed by atoms with Crippen molar-refractivity contribution in [3.05, 3.63) is 34.1 Å². The number of carbonyl (C=O) groups is 1. The van der Waals surface area contributed by atoms with Gasteiger partial charge in [-0.3, -0.25) is 4.79 Å². The fourth-order valence-electron chi connectivity index (χ4n) is 2.48. The first-order valence-corrected chi connectivity index (χ1v) is 7.03. The monoisotopic (exact) mass is 343 g/mol. The Morgan fingerprint density at radius 3 is 2.70 bits per heavy atom. The van der Waals surface area contributed by atoms with Crippen molar-refractivity contribution in [2.45, 2.75) is 31.2 Å². The molecular formula is C13H15BrFN3O2. The first kappa shape index (κ1) is 14.8. The molecule has 0 bridgehead atoms. The Balaban J connectivity index is 2.27. The highest BCUT2D eigenvalue weighted by Crippen LogP contribution is 2.30. The highest BCUT2D eigenvalue weighted by molar-refractivity contribution is 9.10.